The van der Waals surface area contributed by atoms with Crippen molar-refractivity contribution in [3.63, 3.8) is 0 Å². The van der Waals surface area contributed by atoms with Crippen LogP contribution >= 0.6 is 0 Å². The van der Waals surface area contributed by atoms with Crippen LogP contribution in [0.25, 0.3) is 0 Å². The van der Waals surface area contributed by atoms with E-state index >= 15 is 0 Å². The van der Waals surface area contributed by atoms with Gasteiger partial charge in [-0.15, -0.1) is 0 Å². The molecule has 0 aliphatic carbocycles. The molecule has 182 valence electrons. The first-order chi connectivity index (χ1) is 17.7. The van der Waals surface area contributed by atoms with Crippen LogP contribution < -0.4 is 19.7 Å². The number of hydrogen-bond acceptors (Lipinski definition) is 7. The Kier molecular flexibility index (Phi) is 7.02. The number of rotatable bonds is 9. The molecule has 2 aromatic carbocycles. The lowest BCUT2D eigenvalue weighted by Crippen LogP contribution is -2.25. The van der Waals surface area contributed by atoms with Crippen LogP contribution in [0, 0.1) is 0 Å². The van der Waals surface area contributed by atoms with Gasteiger partial charge in [0.1, 0.15) is 17.9 Å². The van der Waals surface area contributed by atoms with E-state index in [0.29, 0.717) is 19.1 Å². The number of para-hydroxylation sites is 1. The summed E-state index contributed by atoms with van der Waals surface area (Å²) in [6.45, 7) is 3.92. The summed E-state index contributed by atoms with van der Waals surface area (Å²) in [5, 5.41) is 2.91. The molecule has 1 aliphatic heterocycles. The summed E-state index contributed by atoms with van der Waals surface area (Å²) >= 11 is 0. The van der Waals surface area contributed by atoms with Crippen LogP contribution in [-0.2, 0) is 19.6 Å². The molecule has 8 heteroatoms. The molecule has 0 radical (unpaired) electrons. The number of fused-ring (bicyclic) bond motifs is 1. The second-order valence-corrected chi connectivity index (χ2v) is 8.33. The lowest BCUT2D eigenvalue weighted by atomic mass is 10.2. The predicted octanol–water partition coefficient (Wildman–Crippen LogP) is 4.47. The molecule has 4 aromatic rings. The lowest BCUT2D eigenvalue weighted by molar-refractivity contribution is 0.0945. The third-order valence-electron chi connectivity index (χ3n) is 5.90. The number of carbonyl (C=O) groups excluding carboxylic acids is 1. The van der Waals surface area contributed by atoms with Crippen LogP contribution in [0.5, 0.6) is 11.6 Å². The van der Waals surface area contributed by atoms with Crippen molar-refractivity contribution in [2.24, 2.45) is 0 Å². The Labute approximate surface area is 210 Å². The van der Waals surface area contributed by atoms with Crippen LogP contribution in [0.4, 0.5) is 11.6 Å². The highest BCUT2D eigenvalue weighted by Crippen LogP contribution is 2.33. The molecular weight excluding hydrogens is 454 g/mol. The molecule has 0 unspecified atom stereocenters. The van der Waals surface area contributed by atoms with Gasteiger partial charge in [-0.2, -0.15) is 4.98 Å². The van der Waals surface area contributed by atoms with Gasteiger partial charge in [0.05, 0.1) is 6.61 Å². The first-order valence-corrected chi connectivity index (χ1v) is 12.0. The molecule has 0 saturated heterocycles. The molecule has 3 heterocycles. The summed E-state index contributed by atoms with van der Waals surface area (Å²) in [6.07, 6.45) is 5.86. The van der Waals surface area contributed by atoms with Crippen molar-refractivity contribution in [1.82, 2.24) is 20.3 Å². The third-order valence-corrected chi connectivity index (χ3v) is 5.90. The molecule has 0 spiro atoms. The first-order valence-electron chi connectivity index (χ1n) is 12.0. The predicted molar refractivity (Wildman–Crippen MR) is 137 cm³/mol. The van der Waals surface area contributed by atoms with Gasteiger partial charge in [0.2, 0.25) is 11.8 Å². The molecule has 1 amide bonds. The number of pyridine rings is 1. The van der Waals surface area contributed by atoms with Gasteiger partial charge in [0.25, 0.3) is 5.91 Å². The largest absolute Gasteiger partial charge is 0.494 e. The molecule has 8 nitrogen and oxygen atoms in total. The van der Waals surface area contributed by atoms with E-state index < -0.39 is 0 Å². The van der Waals surface area contributed by atoms with Crippen molar-refractivity contribution < 1.29 is 14.3 Å². The summed E-state index contributed by atoms with van der Waals surface area (Å²) in [5.74, 6) is 1.23. The second-order valence-electron chi connectivity index (χ2n) is 8.33. The fourth-order valence-electron chi connectivity index (χ4n) is 4.08. The summed E-state index contributed by atoms with van der Waals surface area (Å²) < 4.78 is 11.6. The van der Waals surface area contributed by atoms with Gasteiger partial charge < -0.3 is 19.7 Å². The zero-order chi connectivity index (χ0) is 24.7. The molecule has 36 heavy (non-hydrogen) atoms. The van der Waals surface area contributed by atoms with Gasteiger partial charge in [-0.25, -0.2) is 4.98 Å². The Morgan fingerprint density at radius 2 is 1.86 bits per heavy atom. The van der Waals surface area contributed by atoms with Crippen molar-refractivity contribution >= 4 is 17.5 Å². The fourth-order valence-corrected chi connectivity index (χ4v) is 4.08. The molecule has 2 aromatic heterocycles. The van der Waals surface area contributed by atoms with E-state index in [1.165, 1.54) is 11.8 Å². The molecular formula is C28H27N5O3. The minimum atomic E-state index is -0.311. The van der Waals surface area contributed by atoms with E-state index in [4.69, 9.17) is 9.47 Å². The normalized spacial score (nSPS) is 12.2. The minimum absolute atomic E-state index is 0.238. The average Bonchev–Trinajstić information content (AvgIpc) is 3.36. The van der Waals surface area contributed by atoms with Crippen LogP contribution in [0.15, 0.2) is 79.3 Å². The van der Waals surface area contributed by atoms with Crippen molar-refractivity contribution in [3.05, 3.63) is 102 Å². The zero-order valence-electron chi connectivity index (χ0n) is 20.1. The Hall–Kier alpha value is -4.46. The van der Waals surface area contributed by atoms with Gasteiger partial charge in [-0.05, 0) is 54.3 Å². The zero-order valence-corrected chi connectivity index (χ0v) is 20.1. The standard InChI is InChI=1S/C28H27N5O3/c1-2-35-23-11-9-20(10-12-23)19-36-27-24(26(34)30-17-21-6-5-14-29-16-21)18-31-28(32-27)33-15-13-22-7-3-4-8-25(22)33/h3-12,14,16,18H,2,13,15,17,19H2,1H3,(H,30,34). The van der Waals surface area contributed by atoms with E-state index in [0.717, 1.165) is 35.5 Å². The van der Waals surface area contributed by atoms with Gasteiger partial charge in [0, 0.05) is 37.4 Å². The lowest BCUT2D eigenvalue weighted by Gasteiger charge is -2.19. The van der Waals surface area contributed by atoms with Crippen molar-refractivity contribution in [2.75, 3.05) is 18.1 Å². The minimum Gasteiger partial charge on any atom is -0.494 e. The molecule has 1 aliphatic rings. The number of anilines is 2. The number of nitrogens with zero attached hydrogens (tertiary/aromatic N) is 4. The van der Waals surface area contributed by atoms with Gasteiger partial charge >= 0.3 is 0 Å². The van der Waals surface area contributed by atoms with Gasteiger partial charge in [-0.1, -0.05) is 36.4 Å². The van der Waals surface area contributed by atoms with E-state index in [-0.39, 0.29) is 24.0 Å². The Bertz CT molecular complexity index is 1330. The molecule has 0 saturated carbocycles. The summed E-state index contributed by atoms with van der Waals surface area (Å²) in [5.41, 5.74) is 4.43. The smallest absolute Gasteiger partial charge is 0.258 e. The maximum absolute atomic E-state index is 13.1. The Morgan fingerprint density at radius 1 is 1.00 bits per heavy atom. The molecule has 0 atom stereocenters. The van der Waals surface area contributed by atoms with Crippen molar-refractivity contribution in [1.29, 1.82) is 0 Å². The number of benzene rings is 2. The summed E-state index contributed by atoms with van der Waals surface area (Å²) in [4.78, 5) is 28.4. The number of nitrogens with one attached hydrogen (secondary N) is 1. The van der Waals surface area contributed by atoms with Crippen LogP contribution in [0.2, 0.25) is 0 Å². The quantitative estimate of drug-likeness (QED) is 0.377. The van der Waals surface area contributed by atoms with Gasteiger partial charge in [0.15, 0.2) is 0 Å². The number of ether oxygens (including phenoxy) is 2. The highest BCUT2D eigenvalue weighted by Gasteiger charge is 2.24. The number of amides is 1. The molecule has 0 fully saturated rings. The average molecular weight is 482 g/mol. The Balaban J connectivity index is 1.39. The molecule has 5 rings (SSSR count). The highest BCUT2D eigenvalue weighted by molar-refractivity contribution is 5.96. The first kappa shape index (κ1) is 23.3. The summed E-state index contributed by atoms with van der Waals surface area (Å²) in [6, 6.07) is 19.6. The van der Waals surface area contributed by atoms with E-state index in [2.05, 4.69) is 37.3 Å². The van der Waals surface area contributed by atoms with Crippen molar-refractivity contribution in [2.45, 2.75) is 26.5 Å². The maximum Gasteiger partial charge on any atom is 0.258 e. The highest BCUT2D eigenvalue weighted by atomic mass is 16.5. The van der Waals surface area contributed by atoms with E-state index in [1.807, 2.05) is 55.5 Å². The Morgan fingerprint density at radius 3 is 2.67 bits per heavy atom. The van der Waals surface area contributed by atoms with Gasteiger partial charge in [-0.3, -0.25) is 9.78 Å². The third kappa shape index (κ3) is 5.27. The van der Waals surface area contributed by atoms with Crippen LogP contribution in [0.1, 0.15) is 34.0 Å². The molecule has 1 N–H and O–H groups in total. The number of hydrogen-bond donors (Lipinski definition) is 1. The SMILES string of the molecule is CCOc1ccc(COc2nc(N3CCc4ccccc43)ncc2C(=O)NCc2cccnc2)cc1. The topological polar surface area (TPSA) is 89.5 Å². The number of aromatic nitrogens is 3. The van der Waals surface area contributed by atoms with E-state index in [9.17, 15) is 4.79 Å². The summed E-state index contributed by atoms with van der Waals surface area (Å²) in [7, 11) is 0. The monoisotopic (exact) mass is 481 g/mol. The number of carbonyl (C=O) groups is 1. The fraction of sp³-hybridized carbons (Fsp3) is 0.214. The van der Waals surface area contributed by atoms with Crippen LogP contribution in [-0.4, -0.2) is 34.0 Å². The van der Waals surface area contributed by atoms with Crippen molar-refractivity contribution in [3.8, 4) is 11.6 Å². The second kappa shape index (κ2) is 10.9. The molecule has 0 bridgehead atoms. The van der Waals surface area contributed by atoms with Crippen LogP contribution in [0.3, 0.4) is 0 Å². The van der Waals surface area contributed by atoms with E-state index in [1.54, 1.807) is 12.4 Å². The maximum atomic E-state index is 13.1.